The van der Waals surface area contributed by atoms with Gasteiger partial charge in [0.25, 0.3) is 0 Å². The molecule has 4 nitrogen and oxygen atoms in total. The molecule has 0 radical (unpaired) electrons. The highest BCUT2D eigenvalue weighted by molar-refractivity contribution is 5.43. The first-order valence-electron chi connectivity index (χ1n) is 5.46. The van der Waals surface area contributed by atoms with Gasteiger partial charge in [-0.15, -0.1) is 0 Å². The molecule has 2 unspecified atom stereocenters. The number of nitrogens with zero attached hydrogens (tertiary/aromatic N) is 3. The lowest BCUT2D eigenvalue weighted by molar-refractivity contribution is 0.0340. The summed E-state index contributed by atoms with van der Waals surface area (Å²) in [5.41, 5.74) is 0.462. The van der Waals surface area contributed by atoms with E-state index in [-0.39, 0.29) is 6.10 Å². The van der Waals surface area contributed by atoms with E-state index < -0.39 is 0 Å². The molecule has 0 spiro atoms. The van der Waals surface area contributed by atoms with Gasteiger partial charge < -0.3 is 9.64 Å². The number of ether oxygens (including phenoxy) is 1. The molecule has 2 rings (SSSR count). The van der Waals surface area contributed by atoms with Crippen LogP contribution in [0.25, 0.3) is 0 Å². The molecule has 1 aromatic rings. The van der Waals surface area contributed by atoms with Gasteiger partial charge in [0.1, 0.15) is 17.6 Å². The molecule has 0 N–H and O–H groups in total. The van der Waals surface area contributed by atoms with Gasteiger partial charge in [0.15, 0.2) is 0 Å². The van der Waals surface area contributed by atoms with Crippen molar-refractivity contribution in [3.8, 4) is 6.07 Å². The molecule has 1 aliphatic heterocycles. The van der Waals surface area contributed by atoms with Crippen molar-refractivity contribution < 1.29 is 4.74 Å². The minimum absolute atomic E-state index is 0.212. The fourth-order valence-corrected chi connectivity index (χ4v) is 1.87. The largest absolute Gasteiger partial charge is 0.375 e. The van der Waals surface area contributed by atoms with Crippen LogP contribution in [0.4, 0.5) is 5.82 Å². The summed E-state index contributed by atoms with van der Waals surface area (Å²) < 4.78 is 5.56. The van der Waals surface area contributed by atoms with Crippen molar-refractivity contribution in [3.63, 3.8) is 0 Å². The Bertz CT molecular complexity index is 413. The number of pyridine rings is 1. The van der Waals surface area contributed by atoms with Crippen LogP contribution in [0.5, 0.6) is 0 Å². The molecule has 2 atom stereocenters. The molecule has 1 saturated heterocycles. The molecule has 84 valence electrons. The number of morpholine rings is 1. The average Bonchev–Trinajstić information content (AvgIpc) is 2.32. The number of aromatic nitrogens is 1. The average molecular weight is 217 g/mol. The number of anilines is 1. The van der Waals surface area contributed by atoms with Crippen molar-refractivity contribution >= 4 is 5.82 Å². The van der Waals surface area contributed by atoms with Crippen LogP contribution in [0.2, 0.25) is 0 Å². The van der Waals surface area contributed by atoms with Gasteiger partial charge in [0, 0.05) is 6.54 Å². The lowest BCUT2D eigenvalue weighted by Gasteiger charge is -2.37. The molecule has 0 amide bonds. The molecular formula is C12H15N3O. The Balaban J connectivity index is 2.25. The minimum atomic E-state index is 0.212. The minimum Gasteiger partial charge on any atom is -0.375 e. The summed E-state index contributed by atoms with van der Waals surface area (Å²) in [4.78, 5) is 6.50. The molecule has 0 aromatic carbocycles. The zero-order chi connectivity index (χ0) is 11.5. The second-order valence-corrected chi connectivity index (χ2v) is 4.14. The van der Waals surface area contributed by atoms with Gasteiger partial charge >= 0.3 is 0 Å². The molecule has 1 aliphatic rings. The quantitative estimate of drug-likeness (QED) is 0.716. The molecule has 16 heavy (non-hydrogen) atoms. The fourth-order valence-electron chi connectivity index (χ4n) is 1.87. The topological polar surface area (TPSA) is 49.2 Å². The van der Waals surface area contributed by atoms with E-state index in [1.807, 2.05) is 19.1 Å². The van der Waals surface area contributed by atoms with Crippen LogP contribution >= 0.6 is 0 Å². The van der Waals surface area contributed by atoms with E-state index in [1.165, 1.54) is 0 Å². The first kappa shape index (κ1) is 10.9. The van der Waals surface area contributed by atoms with Gasteiger partial charge in [0.2, 0.25) is 0 Å². The summed E-state index contributed by atoms with van der Waals surface area (Å²) in [5.74, 6) is 0.863. The number of hydrogen-bond donors (Lipinski definition) is 0. The van der Waals surface area contributed by atoms with Crippen LogP contribution in [0.3, 0.4) is 0 Å². The van der Waals surface area contributed by atoms with Gasteiger partial charge in [-0.05, 0) is 26.0 Å². The molecule has 0 bridgehead atoms. The highest BCUT2D eigenvalue weighted by Crippen LogP contribution is 2.19. The number of hydrogen-bond acceptors (Lipinski definition) is 4. The molecular weight excluding hydrogens is 202 g/mol. The van der Waals surface area contributed by atoms with Crippen LogP contribution in [-0.4, -0.2) is 30.3 Å². The molecule has 0 saturated carbocycles. The summed E-state index contributed by atoms with van der Waals surface area (Å²) in [5, 5.41) is 8.82. The van der Waals surface area contributed by atoms with Gasteiger partial charge in [-0.25, -0.2) is 4.98 Å². The van der Waals surface area contributed by atoms with E-state index in [4.69, 9.17) is 10.00 Å². The molecule has 0 aliphatic carbocycles. The Morgan fingerprint density at radius 3 is 3.06 bits per heavy atom. The summed E-state index contributed by atoms with van der Waals surface area (Å²) in [6.45, 7) is 5.68. The predicted molar refractivity (Wildman–Crippen MR) is 61.2 cm³/mol. The lowest BCUT2D eigenvalue weighted by Crippen LogP contribution is -2.47. The maximum atomic E-state index is 8.82. The summed E-state index contributed by atoms with van der Waals surface area (Å²) in [6, 6.07) is 7.90. The Labute approximate surface area is 95.5 Å². The molecule has 1 fully saturated rings. The van der Waals surface area contributed by atoms with Crippen LogP contribution in [0.15, 0.2) is 18.2 Å². The molecule has 4 heteroatoms. The van der Waals surface area contributed by atoms with Crippen molar-refractivity contribution in [2.75, 3.05) is 18.1 Å². The van der Waals surface area contributed by atoms with Crippen molar-refractivity contribution in [1.82, 2.24) is 4.98 Å². The van der Waals surface area contributed by atoms with Crippen molar-refractivity contribution in [2.45, 2.75) is 26.0 Å². The van der Waals surface area contributed by atoms with E-state index in [0.717, 1.165) is 12.4 Å². The van der Waals surface area contributed by atoms with Gasteiger partial charge in [-0.2, -0.15) is 5.26 Å². The maximum Gasteiger partial charge on any atom is 0.142 e. The lowest BCUT2D eigenvalue weighted by atomic mass is 10.2. The smallest absolute Gasteiger partial charge is 0.142 e. The maximum absolute atomic E-state index is 8.82. The SMILES string of the molecule is CC1CN(c2cccc(C#N)n2)C(C)CO1. The summed E-state index contributed by atoms with van der Waals surface area (Å²) >= 11 is 0. The van der Waals surface area contributed by atoms with E-state index >= 15 is 0 Å². The van der Waals surface area contributed by atoms with Gasteiger partial charge in [-0.1, -0.05) is 6.07 Å². The van der Waals surface area contributed by atoms with Crippen LogP contribution in [0.1, 0.15) is 19.5 Å². The molecule has 2 heterocycles. The zero-order valence-electron chi connectivity index (χ0n) is 9.55. The Morgan fingerprint density at radius 2 is 2.31 bits per heavy atom. The number of nitriles is 1. The second kappa shape index (κ2) is 4.50. The third-order valence-corrected chi connectivity index (χ3v) is 2.75. The van der Waals surface area contributed by atoms with Crippen LogP contribution in [-0.2, 0) is 4.74 Å². The first-order chi connectivity index (χ1) is 7.70. The third kappa shape index (κ3) is 2.15. The van der Waals surface area contributed by atoms with Crippen LogP contribution < -0.4 is 4.90 Å². The Kier molecular flexibility index (Phi) is 3.07. The molecule has 1 aromatic heterocycles. The van der Waals surface area contributed by atoms with Crippen LogP contribution in [0, 0.1) is 11.3 Å². The van der Waals surface area contributed by atoms with Gasteiger partial charge in [0.05, 0.1) is 18.8 Å². The first-order valence-corrected chi connectivity index (χ1v) is 5.46. The van der Waals surface area contributed by atoms with Gasteiger partial charge in [-0.3, -0.25) is 0 Å². The summed E-state index contributed by atoms with van der Waals surface area (Å²) in [7, 11) is 0. The highest BCUT2D eigenvalue weighted by Gasteiger charge is 2.24. The van der Waals surface area contributed by atoms with E-state index in [0.29, 0.717) is 18.3 Å². The predicted octanol–water partition coefficient (Wildman–Crippen LogP) is 1.57. The van der Waals surface area contributed by atoms with E-state index in [2.05, 4.69) is 22.9 Å². The van der Waals surface area contributed by atoms with Crippen molar-refractivity contribution in [2.24, 2.45) is 0 Å². The normalized spacial score (nSPS) is 25.2. The standard InChI is InChI=1S/C12H15N3O/c1-9-8-16-10(2)7-15(9)12-5-3-4-11(6-13)14-12/h3-5,9-10H,7-8H2,1-2H3. The van der Waals surface area contributed by atoms with E-state index in [9.17, 15) is 0 Å². The van der Waals surface area contributed by atoms with E-state index in [1.54, 1.807) is 6.07 Å². The zero-order valence-corrected chi connectivity index (χ0v) is 9.55. The van der Waals surface area contributed by atoms with Crippen molar-refractivity contribution in [1.29, 1.82) is 5.26 Å². The third-order valence-electron chi connectivity index (χ3n) is 2.75. The monoisotopic (exact) mass is 217 g/mol. The Hall–Kier alpha value is -1.60. The second-order valence-electron chi connectivity index (χ2n) is 4.14. The Morgan fingerprint density at radius 1 is 1.50 bits per heavy atom. The summed E-state index contributed by atoms with van der Waals surface area (Å²) in [6.07, 6.45) is 0.212. The fraction of sp³-hybridized carbons (Fsp3) is 0.500. The number of rotatable bonds is 1. The highest BCUT2D eigenvalue weighted by atomic mass is 16.5. The van der Waals surface area contributed by atoms with Crippen molar-refractivity contribution in [3.05, 3.63) is 23.9 Å².